The summed E-state index contributed by atoms with van der Waals surface area (Å²) in [4.78, 5) is 15.7. The Bertz CT molecular complexity index is 761. The highest BCUT2D eigenvalue weighted by Crippen LogP contribution is 2.57. The molecule has 2 atom stereocenters. The quantitative estimate of drug-likeness (QED) is 0.632. The lowest BCUT2D eigenvalue weighted by atomic mass is 9.52. The van der Waals surface area contributed by atoms with Crippen molar-refractivity contribution in [2.24, 2.45) is 17.8 Å². The van der Waals surface area contributed by atoms with Crippen LogP contribution in [0.1, 0.15) is 32.1 Å². The van der Waals surface area contributed by atoms with Crippen LogP contribution in [0.4, 0.5) is 11.4 Å². The van der Waals surface area contributed by atoms with Gasteiger partial charge in [-0.15, -0.1) is 0 Å². The van der Waals surface area contributed by atoms with Crippen LogP contribution in [0.3, 0.4) is 0 Å². The summed E-state index contributed by atoms with van der Waals surface area (Å²) >= 11 is 0. The molecular formula is C21H29N3O4. The second-order valence-corrected chi connectivity index (χ2v) is 9.32. The van der Waals surface area contributed by atoms with E-state index < -0.39 is 4.92 Å². The molecule has 4 saturated carbocycles. The Kier molecular flexibility index (Phi) is 4.28. The fourth-order valence-electron chi connectivity index (χ4n) is 6.84. The summed E-state index contributed by atoms with van der Waals surface area (Å²) in [6.45, 7) is 3.87. The second kappa shape index (κ2) is 6.59. The number of hydrogen-bond donors (Lipinski definition) is 1. The Morgan fingerprint density at radius 3 is 2.39 bits per heavy atom. The molecule has 1 N–H and O–H groups in total. The van der Waals surface area contributed by atoms with Gasteiger partial charge >= 0.3 is 5.69 Å². The van der Waals surface area contributed by atoms with Crippen molar-refractivity contribution in [1.82, 2.24) is 4.90 Å². The van der Waals surface area contributed by atoms with Crippen LogP contribution in [-0.2, 0) is 0 Å². The van der Waals surface area contributed by atoms with Gasteiger partial charge < -0.3 is 14.7 Å². The molecule has 1 saturated heterocycles. The van der Waals surface area contributed by atoms with Gasteiger partial charge in [0.1, 0.15) is 0 Å². The highest BCUT2D eigenvalue weighted by atomic mass is 16.6. The third-order valence-electron chi connectivity index (χ3n) is 7.65. The molecule has 4 bridgehead atoms. The Balaban J connectivity index is 1.27. The van der Waals surface area contributed by atoms with Crippen molar-refractivity contribution in [3.8, 4) is 5.75 Å². The second-order valence-electron chi connectivity index (χ2n) is 9.32. The first kappa shape index (κ1) is 18.2. The van der Waals surface area contributed by atoms with Crippen LogP contribution in [0.5, 0.6) is 5.75 Å². The average molecular weight is 387 g/mol. The van der Waals surface area contributed by atoms with Gasteiger partial charge in [-0.3, -0.25) is 15.0 Å². The Hall–Kier alpha value is -1.86. The first-order valence-electron chi connectivity index (χ1n) is 10.5. The van der Waals surface area contributed by atoms with Crippen LogP contribution in [0.25, 0.3) is 0 Å². The summed E-state index contributed by atoms with van der Waals surface area (Å²) in [6, 6.07) is 5.78. The fraction of sp³-hybridized carbons (Fsp3) is 0.714. The van der Waals surface area contributed by atoms with Crippen LogP contribution in [0.2, 0.25) is 0 Å². The highest BCUT2D eigenvalue weighted by molar-refractivity contribution is 5.59. The van der Waals surface area contributed by atoms with Gasteiger partial charge in [0.05, 0.1) is 17.6 Å². The van der Waals surface area contributed by atoms with Crippen molar-refractivity contribution >= 4 is 11.4 Å². The van der Waals surface area contributed by atoms with Gasteiger partial charge in [-0.2, -0.15) is 0 Å². The molecule has 2 unspecified atom stereocenters. The Morgan fingerprint density at radius 2 is 1.82 bits per heavy atom. The Morgan fingerprint density at radius 1 is 1.14 bits per heavy atom. The molecule has 1 aliphatic heterocycles. The van der Waals surface area contributed by atoms with E-state index in [1.807, 2.05) is 6.07 Å². The number of anilines is 1. The van der Waals surface area contributed by atoms with Gasteiger partial charge in [0, 0.05) is 50.0 Å². The SMILES string of the molecule is COc1cc(N2CCN(C3C4CC5CC3CC(O)(C5)C4)CC2)ccc1[N+](=O)[O-]. The van der Waals surface area contributed by atoms with Crippen LogP contribution < -0.4 is 9.64 Å². The average Bonchev–Trinajstić information content (AvgIpc) is 2.66. The van der Waals surface area contributed by atoms with Crippen molar-refractivity contribution in [1.29, 1.82) is 0 Å². The van der Waals surface area contributed by atoms with E-state index in [2.05, 4.69) is 9.80 Å². The number of hydrogen-bond acceptors (Lipinski definition) is 6. The normalized spacial score (nSPS) is 37.3. The van der Waals surface area contributed by atoms with Gasteiger partial charge in [-0.25, -0.2) is 0 Å². The number of aliphatic hydroxyl groups is 1. The van der Waals surface area contributed by atoms with Gasteiger partial charge in [0.2, 0.25) is 0 Å². The third kappa shape index (κ3) is 2.95. The van der Waals surface area contributed by atoms with E-state index in [0.717, 1.165) is 57.0 Å². The molecule has 7 nitrogen and oxygen atoms in total. The van der Waals surface area contributed by atoms with Crippen molar-refractivity contribution in [2.75, 3.05) is 38.2 Å². The van der Waals surface area contributed by atoms with Crippen molar-refractivity contribution in [2.45, 2.75) is 43.7 Å². The molecule has 0 aromatic heterocycles. The minimum Gasteiger partial charge on any atom is -0.490 e. The maximum Gasteiger partial charge on any atom is 0.311 e. The van der Waals surface area contributed by atoms with Crippen LogP contribution >= 0.6 is 0 Å². The summed E-state index contributed by atoms with van der Waals surface area (Å²) < 4.78 is 5.23. The zero-order valence-corrected chi connectivity index (χ0v) is 16.4. The number of rotatable bonds is 4. The molecule has 28 heavy (non-hydrogen) atoms. The molecule has 0 amide bonds. The lowest BCUT2D eigenvalue weighted by Gasteiger charge is -2.61. The number of nitrogens with zero attached hydrogens (tertiary/aromatic N) is 3. The minimum absolute atomic E-state index is 0.0106. The summed E-state index contributed by atoms with van der Waals surface area (Å²) in [5.41, 5.74) is 0.627. The van der Waals surface area contributed by atoms with Crippen LogP contribution in [0, 0.1) is 27.9 Å². The van der Waals surface area contributed by atoms with Gasteiger partial charge in [-0.1, -0.05) is 0 Å². The van der Waals surface area contributed by atoms with Crippen molar-refractivity contribution in [3.63, 3.8) is 0 Å². The number of piperazine rings is 1. The van der Waals surface area contributed by atoms with E-state index >= 15 is 0 Å². The van der Waals surface area contributed by atoms with E-state index in [9.17, 15) is 15.2 Å². The molecule has 4 aliphatic carbocycles. The van der Waals surface area contributed by atoms with E-state index in [4.69, 9.17) is 4.74 Å². The maximum absolute atomic E-state index is 11.1. The number of methoxy groups -OCH3 is 1. The van der Waals surface area contributed by atoms with E-state index in [-0.39, 0.29) is 11.3 Å². The molecule has 0 spiro atoms. The molecule has 1 aromatic rings. The summed E-state index contributed by atoms with van der Waals surface area (Å²) in [7, 11) is 1.48. The molecule has 1 aromatic carbocycles. The maximum atomic E-state index is 11.1. The monoisotopic (exact) mass is 387 g/mol. The van der Waals surface area contributed by atoms with E-state index in [1.165, 1.54) is 20.0 Å². The van der Waals surface area contributed by atoms with Crippen molar-refractivity contribution < 1.29 is 14.8 Å². The lowest BCUT2D eigenvalue weighted by molar-refractivity contribution is -0.385. The van der Waals surface area contributed by atoms with Gasteiger partial charge in [-0.05, 0) is 55.9 Å². The minimum atomic E-state index is -0.402. The number of benzene rings is 1. The smallest absolute Gasteiger partial charge is 0.311 e. The predicted octanol–water partition coefficient (Wildman–Crippen LogP) is 2.67. The summed E-state index contributed by atoms with van der Waals surface area (Å²) in [5, 5.41) is 22.0. The van der Waals surface area contributed by atoms with Crippen molar-refractivity contribution in [3.05, 3.63) is 28.3 Å². The number of ether oxygens (including phenoxy) is 1. The molecule has 1 heterocycles. The first-order valence-corrected chi connectivity index (χ1v) is 10.5. The summed E-state index contributed by atoms with van der Waals surface area (Å²) in [6.07, 6.45) is 5.60. The fourth-order valence-corrected chi connectivity index (χ4v) is 6.84. The molecule has 5 fully saturated rings. The number of nitro benzene ring substituents is 1. The Labute approximate surface area is 165 Å². The first-order chi connectivity index (χ1) is 13.5. The highest BCUT2D eigenvalue weighted by Gasteiger charge is 2.56. The molecule has 7 heteroatoms. The summed E-state index contributed by atoms with van der Waals surface area (Å²) in [5.74, 6) is 2.37. The zero-order chi connectivity index (χ0) is 19.5. The van der Waals surface area contributed by atoms with Crippen LogP contribution in [0.15, 0.2) is 18.2 Å². The third-order valence-corrected chi connectivity index (χ3v) is 7.65. The van der Waals surface area contributed by atoms with Gasteiger partial charge in [0.25, 0.3) is 0 Å². The topological polar surface area (TPSA) is 79.1 Å². The zero-order valence-electron chi connectivity index (χ0n) is 16.4. The molecule has 6 rings (SSSR count). The van der Waals surface area contributed by atoms with Crippen LogP contribution in [-0.4, -0.2) is 59.9 Å². The standard InChI is InChI=1S/C21H29N3O4/c1-28-19-10-17(2-3-18(19)24(26)27)22-4-6-23(7-5-22)20-15-8-14-9-16(20)13-21(25,11-14)12-15/h2-3,10,14-16,20,25H,4-9,11-13H2,1H3. The van der Waals surface area contributed by atoms with E-state index in [0.29, 0.717) is 23.6 Å². The molecule has 0 radical (unpaired) electrons. The predicted molar refractivity (Wildman–Crippen MR) is 106 cm³/mol. The van der Waals surface area contributed by atoms with E-state index in [1.54, 1.807) is 12.1 Å². The molecule has 152 valence electrons. The molecule has 5 aliphatic rings. The lowest BCUT2D eigenvalue weighted by Crippen LogP contribution is -2.64. The van der Waals surface area contributed by atoms with Gasteiger partial charge in [0.15, 0.2) is 5.75 Å². The molecular weight excluding hydrogens is 358 g/mol. The number of nitro groups is 1. The largest absolute Gasteiger partial charge is 0.490 e.